The van der Waals surface area contributed by atoms with Gasteiger partial charge in [-0.2, -0.15) is 0 Å². The Morgan fingerprint density at radius 1 is 1.38 bits per heavy atom. The first-order chi connectivity index (χ1) is 9.73. The molecule has 1 aliphatic heterocycles. The van der Waals surface area contributed by atoms with Crippen LogP contribution in [0.5, 0.6) is 0 Å². The topological polar surface area (TPSA) is 95.0 Å². The SMILES string of the molecule is CN(c1cccc(C(=O)O)c1N1CCCC1=O)S(C)(=O)=O. The summed E-state index contributed by atoms with van der Waals surface area (Å²) < 4.78 is 24.5. The van der Waals surface area contributed by atoms with Crippen LogP contribution in [0.15, 0.2) is 18.2 Å². The van der Waals surface area contributed by atoms with Gasteiger partial charge in [0.25, 0.3) is 0 Å². The molecule has 0 aliphatic carbocycles. The van der Waals surface area contributed by atoms with Crippen LogP contribution in [0, 0.1) is 0 Å². The molecule has 1 amide bonds. The van der Waals surface area contributed by atoms with Gasteiger partial charge < -0.3 is 10.0 Å². The van der Waals surface area contributed by atoms with E-state index in [1.54, 1.807) is 0 Å². The molecule has 0 bridgehead atoms. The van der Waals surface area contributed by atoms with Crippen molar-refractivity contribution >= 4 is 33.3 Å². The maximum Gasteiger partial charge on any atom is 0.337 e. The number of sulfonamides is 1. The fraction of sp³-hybridized carbons (Fsp3) is 0.385. The lowest BCUT2D eigenvalue weighted by atomic mass is 10.1. The van der Waals surface area contributed by atoms with Crippen molar-refractivity contribution in [3.05, 3.63) is 23.8 Å². The van der Waals surface area contributed by atoms with Crippen molar-refractivity contribution in [2.75, 3.05) is 29.1 Å². The normalized spacial score (nSPS) is 15.3. The molecule has 1 saturated heterocycles. The molecule has 0 unspecified atom stereocenters. The molecule has 0 aromatic heterocycles. The lowest BCUT2D eigenvalue weighted by molar-refractivity contribution is -0.117. The molecule has 1 aliphatic rings. The predicted octanol–water partition coefficient (Wildman–Crippen LogP) is 0.907. The largest absolute Gasteiger partial charge is 0.478 e. The van der Waals surface area contributed by atoms with Gasteiger partial charge in [0.15, 0.2) is 0 Å². The summed E-state index contributed by atoms with van der Waals surface area (Å²) in [5.74, 6) is -1.40. The average molecular weight is 312 g/mol. The summed E-state index contributed by atoms with van der Waals surface area (Å²) in [5, 5.41) is 9.32. The number of hydrogen-bond donors (Lipinski definition) is 1. The zero-order chi connectivity index (χ0) is 15.8. The maximum atomic E-state index is 11.9. The Kier molecular flexibility index (Phi) is 3.91. The van der Waals surface area contributed by atoms with Crippen LogP contribution >= 0.6 is 0 Å². The quantitative estimate of drug-likeness (QED) is 0.891. The zero-order valence-corrected chi connectivity index (χ0v) is 12.6. The lowest BCUT2D eigenvalue weighted by Crippen LogP contribution is -2.31. The van der Waals surface area contributed by atoms with Crippen LogP contribution < -0.4 is 9.21 Å². The van der Waals surface area contributed by atoms with Crippen molar-refractivity contribution in [1.82, 2.24) is 0 Å². The summed E-state index contributed by atoms with van der Waals surface area (Å²) >= 11 is 0. The molecule has 1 aromatic rings. The highest BCUT2D eigenvalue weighted by atomic mass is 32.2. The molecule has 0 saturated carbocycles. The first kappa shape index (κ1) is 15.3. The molecule has 0 spiro atoms. The highest BCUT2D eigenvalue weighted by Gasteiger charge is 2.30. The van der Waals surface area contributed by atoms with E-state index in [-0.39, 0.29) is 22.8 Å². The van der Waals surface area contributed by atoms with Gasteiger partial charge in [-0.1, -0.05) is 6.07 Å². The number of benzene rings is 1. The minimum atomic E-state index is -3.57. The Balaban J connectivity index is 2.68. The second kappa shape index (κ2) is 5.36. The first-order valence-corrected chi connectivity index (χ1v) is 8.19. The molecule has 1 fully saturated rings. The zero-order valence-electron chi connectivity index (χ0n) is 11.7. The van der Waals surface area contributed by atoms with Crippen LogP contribution in [0.25, 0.3) is 0 Å². The second-order valence-electron chi connectivity index (χ2n) is 4.86. The predicted molar refractivity (Wildman–Crippen MR) is 78.2 cm³/mol. The molecule has 0 atom stereocenters. The van der Waals surface area contributed by atoms with Crippen molar-refractivity contribution < 1.29 is 23.1 Å². The van der Waals surface area contributed by atoms with E-state index in [1.807, 2.05) is 0 Å². The fourth-order valence-electron chi connectivity index (χ4n) is 2.30. The van der Waals surface area contributed by atoms with Gasteiger partial charge in [0.05, 0.1) is 23.2 Å². The number of carbonyl (C=O) groups excluding carboxylic acids is 1. The molecule has 21 heavy (non-hydrogen) atoms. The third-order valence-electron chi connectivity index (χ3n) is 3.43. The highest BCUT2D eigenvalue weighted by molar-refractivity contribution is 7.92. The van der Waals surface area contributed by atoms with Crippen LogP contribution in [-0.4, -0.2) is 45.2 Å². The number of carbonyl (C=O) groups is 2. The molecule has 1 heterocycles. The van der Waals surface area contributed by atoms with Crippen LogP contribution in [0.3, 0.4) is 0 Å². The van der Waals surface area contributed by atoms with Crippen LogP contribution in [-0.2, 0) is 14.8 Å². The van der Waals surface area contributed by atoms with Gasteiger partial charge in [0, 0.05) is 20.0 Å². The van der Waals surface area contributed by atoms with Crippen molar-refractivity contribution in [2.24, 2.45) is 0 Å². The van der Waals surface area contributed by atoms with Gasteiger partial charge in [-0.15, -0.1) is 0 Å². The number of para-hydroxylation sites is 1. The van der Waals surface area contributed by atoms with Gasteiger partial charge in [0.2, 0.25) is 15.9 Å². The Morgan fingerprint density at radius 2 is 2.05 bits per heavy atom. The van der Waals surface area contributed by atoms with E-state index in [9.17, 15) is 23.1 Å². The van der Waals surface area contributed by atoms with Crippen molar-refractivity contribution in [3.8, 4) is 0 Å². The van der Waals surface area contributed by atoms with E-state index in [2.05, 4.69) is 0 Å². The Morgan fingerprint density at radius 3 is 2.52 bits per heavy atom. The molecule has 0 radical (unpaired) electrons. The number of carboxylic acids is 1. The maximum absolute atomic E-state index is 11.9. The summed E-state index contributed by atoms with van der Waals surface area (Å²) in [6.45, 7) is 0.383. The Bertz CT molecular complexity index is 699. The number of aromatic carboxylic acids is 1. The molecular formula is C13H16N2O5S. The van der Waals surface area contributed by atoms with E-state index >= 15 is 0 Å². The summed E-state index contributed by atoms with van der Waals surface area (Å²) in [6, 6.07) is 4.32. The smallest absolute Gasteiger partial charge is 0.337 e. The Hall–Kier alpha value is -2.09. The first-order valence-electron chi connectivity index (χ1n) is 6.34. The fourth-order valence-corrected chi connectivity index (χ4v) is 2.81. The second-order valence-corrected chi connectivity index (χ2v) is 6.87. The standard InChI is InChI=1S/C13H16N2O5S/c1-14(21(2,19)20)10-6-3-5-9(13(17)18)12(10)15-8-4-7-11(15)16/h3,5-6H,4,7-8H2,1-2H3,(H,17,18). The third-order valence-corrected chi connectivity index (χ3v) is 4.62. The summed E-state index contributed by atoms with van der Waals surface area (Å²) in [6.07, 6.45) is 1.97. The van der Waals surface area contributed by atoms with E-state index in [0.29, 0.717) is 19.4 Å². The van der Waals surface area contributed by atoms with E-state index in [4.69, 9.17) is 0 Å². The summed E-state index contributed by atoms with van der Waals surface area (Å²) in [4.78, 5) is 24.7. The minimum Gasteiger partial charge on any atom is -0.478 e. The number of hydrogen-bond acceptors (Lipinski definition) is 4. The van der Waals surface area contributed by atoms with Gasteiger partial charge in [-0.05, 0) is 18.6 Å². The highest BCUT2D eigenvalue weighted by Crippen LogP contribution is 2.36. The third kappa shape index (κ3) is 2.85. The minimum absolute atomic E-state index is 0.0850. The van der Waals surface area contributed by atoms with Crippen LogP contribution in [0.4, 0.5) is 11.4 Å². The van der Waals surface area contributed by atoms with E-state index in [0.717, 1.165) is 10.6 Å². The van der Waals surface area contributed by atoms with Gasteiger partial charge >= 0.3 is 5.97 Å². The number of anilines is 2. The monoisotopic (exact) mass is 312 g/mol. The molecule has 7 nitrogen and oxygen atoms in total. The molecule has 1 N–H and O–H groups in total. The number of amides is 1. The van der Waals surface area contributed by atoms with E-state index in [1.165, 1.54) is 30.1 Å². The van der Waals surface area contributed by atoms with E-state index < -0.39 is 16.0 Å². The molecule has 8 heteroatoms. The molecule has 114 valence electrons. The Labute approximate surface area is 122 Å². The number of nitrogens with zero attached hydrogens (tertiary/aromatic N) is 2. The van der Waals surface area contributed by atoms with Crippen LogP contribution in [0.1, 0.15) is 23.2 Å². The molecule has 2 rings (SSSR count). The van der Waals surface area contributed by atoms with Gasteiger partial charge in [-0.3, -0.25) is 9.10 Å². The summed E-state index contributed by atoms with van der Waals surface area (Å²) in [5.41, 5.74) is 0.242. The molecular weight excluding hydrogens is 296 g/mol. The van der Waals surface area contributed by atoms with Crippen molar-refractivity contribution in [3.63, 3.8) is 0 Å². The number of carboxylic acid groups (broad SMARTS) is 1. The lowest BCUT2D eigenvalue weighted by Gasteiger charge is -2.26. The van der Waals surface area contributed by atoms with Crippen molar-refractivity contribution in [1.29, 1.82) is 0 Å². The number of rotatable bonds is 4. The summed E-state index contributed by atoms with van der Waals surface area (Å²) in [7, 11) is -2.23. The van der Waals surface area contributed by atoms with Gasteiger partial charge in [-0.25, -0.2) is 13.2 Å². The van der Waals surface area contributed by atoms with Crippen molar-refractivity contribution in [2.45, 2.75) is 12.8 Å². The van der Waals surface area contributed by atoms with Gasteiger partial charge in [0.1, 0.15) is 0 Å². The molecule has 1 aromatic carbocycles. The van der Waals surface area contributed by atoms with Crippen LogP contribution in [0.2, 0.25) is 0 Å². The average Bonchev–Trinajstić information content (AvgIpc) is 2.81.